The molecule has 0 bridgehead atoms. The average Bonchev–Trinajstić information content (AvgIpc) is 1.88. The molecule has 0 aromatic rings. The number of hydrogen-bond acceptors (Lipinski definition) is 4. The van der Waals surface area contributed by atoms with Crippen molar-refractivity contribution in [2.75, 3.05) is 19.8 Å². The molecule has 7 heteroatoms. The molecule has 0 amide bonds. The van der Waals surface area contributed by atoms with Crippen LogP contribution in [-0.2, 0) is 18.1 Å². The molecule has 0 rings (SSSR count). The Hall–Kier alpha value is 0.690. The third kappa shape index (κ3) is 9.01. The molecular weight excluding hydrogens is 238 g/mol. The van der Waals surface area contributed by atoms with E-state index in [9.17, 15) is 4.57 Å². The van der Waals surface area contributed by atoms with Gasteiger partial charge in [-0.1, -0.05) is 0 Å². The number of rotatable bonds is 6. The first kappa shape index (κ1) is 19.3. The van der Waals surface area contributed by atoms with E-state index in [2.05, 4.69) is 0 Å². The minimum absolute atomic E-state index is 0. The van der Waals surface area contributed by atoms with Crippen molar-refractivity contribution in [3.63, 3.8) is 0 Å². The number of phosphoric acid groups is 1. The van der Waals surface area contributed by atoms with Crippen molar-refractivity contribution < 1.29 is 18.1 Å². The van der Waals surface area contributed by atoms with Crippen LogP contribution in [0.2, 0.25) is 0 Å². The Morgan fingerprint density at radius 1 is 0.846 bits per heavy atom. The summed E-state index contributed by atoms with van der Waals surface area (Å²) in [5.41, 5.74) is 0. The third-order valence-electron chi connectivity index (χ3n) is 0.862. The molecule has 0 aliphatic carbocycles. The normalized spacial score (nSPS) is 10.1. The number of hydrogen-bond donors (Lipinski definition) is 0. The largest absolute Gasteiger partial charge is 0.474 e. The van der Waals surface area contributed by atoms with E-state index in [0.717, 1.165) is 0 Å². The fraction of sp³-hybridized carbons (Fsp3) is 1.00. The van der Waals surface area contributed by atoms with Crippen molar-refractivity contribution in [1.29, 1.82) is 0 Å². The number of phosphoric ester groups is 1. The summed E-state index contributed by atoms with van der Waals surface area (Å²) in [5, 5.41) is 0. The zero-order valence-corrected chi connectivity index (χ0v) is 10.5. The van der Waals surface area contributed by atoms with Crippen LogP contribution in [0.25, 0.3) is 0 Å². The van der Waals surface area contributed by atoms with Gasteiger partial charge in [0.15, 0.2) is 0 Å². The molecule has 0 fully saturated rings. The van der Waals surface area contributed by atoms with Crippen molar-refractivity contribution in [3.8, 4) is 0 Å². The molecule has 0 heterocycles. The van der Waals surface area contributed by atoms with Crippen LogP contribution < -0.4 is 0 Å². The molecule has 0 aromatic carbocycles. The molecule has 0 spiro atoms. The van der Waals surface area contributed by atoms with Crippen molar-refractivity contribution >= 4 is 32.6 Å². The Kier molecular flexibility index (Phi) is 16.0. The molecule has 84 valence electrons. The maximum atomic E-state index is 11.3. The van der Waals surface area contributed by atoms with Crippen LogP contribution >= 0.6 is 32.6 Å². The second-order valence-corrected chi connectivity index (χ2v) is 3.37. The molecule has 0 unspecified atom stereocenters. The van der Waals surface area contributed by atoms with Crippen molar-refractivity contribution in [1.82, 2.24) is 0 Å². The maximum Gasteiger partial charge on any atom is 0.474 e. The SMILES string of the molecule is CCOP(=O)(OCC)OCC.Cl.Cl. The lowest BCUT2D eigenvalue weighted by atomic mass is 10.9. The predicted molar refractivity (Wildman–Crippen MR) is 57.0 cm³/mol. The van der Waals surface area contributed by atoms with Crippen molar-refractivity contribution in [2.45, 2.75) is 20.8 Å². The third-order valence-corrected chi connectivity index (χ3v) is 2.58. The van der Waals surface area contributed by atoms with Gasteiger partial charge in [0.25, 0.3) is 0 Å². The summed E-state index contributed by atoms with van der Waals surface area (Å²) in [5.74, 6) is 0. The van der Waals surface area contributed by atoms with Gasteiger partial charge in [-0.25, -0.2) is 4.57 Å². The molecule has 13 heavy (non-hydrogen) atoms. The predicted octanol–water partition coefficient (Wildman–Crippen LogP) is 3.05. The van der Waals surface area contributed by atoms with Gasteiger partial charge in [-0.15, -0.1) is 24.8 Å². The van der Waals surface area contributed by atoms with E-state index in [4.69, 9.17) is 13.6 Å². The first-order valence-electron chi connectivity index (χ1n) is 3.72. The molecular formula is C6H17Cl2O4P. The smallest absolute Gasteiger partial charge is 0.287 e. The first-order valence-corrected chi connectivity index (χ1v) is 5.18. The van der Waals surface area contributed by atoms with Gasteiger partial charge in [-0.05, 0) is 20.8 Å². The van der Waals surface area contributed by atoms with Gasteiger partial charge in [0.2, 0.25) is 0 Å². The van der Waals surface area contributed by atoms with E-state index < -0.39 is 7.82 Å². The molecule has 0 atom stereocenters. The Balaban J connectivity index is -0.000000500. The van der Waals surface area contributed by atoms with Gasteiger partial charge in [-0.3, -0.25) is 13.6 Å². The van der Waals surface area contributed by atoms with E-state index in [1.54, 1.807) is 20.8 Å². The summed E-state index contributed by atoms with van der Waals surface area (Å²) < 4.78 is 25.8. The van der Waals surface area contributed by atoms with Gasteiger partial charge < -0.3 is 0 Å². The highest BCUT2D eigenvalue weighted by Gasteiger charge is 2.23. The average molecular weight is 255 g/mol. The van der Waals surface area contributed by atoms with E-state index >= 15 is 0 Å². The second-order valence-electron chi connectivity index (χ2n) is 1.70. The van der Waals surface area contributed by atoms with Crippen molar-refractivity contribution in [3.05, 3.63) is 0 Å². The van der Waals surface area contributed by atoms with Crippen molar-refractivity contribution in [2.24, 2.45) is 0 Å². The fourth-order valence-corrected chi connectivity index (χ4v) is 1.76. The van der Waals surface area contributed by atoms with E-state index in [0.29, 0.717) is 19.8 Å². The summed E-state index contributed by atoms with van der Waals surface area (Å²) >= 11 is 0. The van der Waals surface area contributed by atoms with Gasteiger partial charge in [0, 0.05) is 0 Å². The monoisotopic (exact) mass is 254 g/mol. The number of halogens is 2. The van der Waals surface area contributed by atoms with Crippen LogP contribution in [0.4, 0.5) is 0 Å². The summed E-state index contributed by atoms with van der Waals surface area (Å²) in [7, 11) is -3.22. The van der Waals surface area contributed by atoms with Crippen LogP contribution in [0.5, 0.6) is 0 Å². The Labute approximate surface area is 91.8 Å². The Morgan fingerprint density at radius 2 is 1.08 bits per heavy atom. The van der Waals surface area contributed by atoms with Gasteiger partial charge in [0.1, 0.15) is 0 Å². The topological polar surface area (TPSA) is 44.8 Å². The Morgan fingerprint density at radius 3 is 1.23 bits per heavy atom. The summed E-state index contributed by atoms with van der Waals surface area (Å²) in [6.07, 6.45) is 0. The second kappa shape index (κ2) is 10.8. The van der Waals surface area contributed by atoms with Crippen LogP contribution in [0.3, 0.4) is 0 Å². The fourth-order valence-electron chi connectivity index (χ4n) is 0.586. The lowest BCUT2D eigenvalue weighted by Gasteiger charge is -2.14. The lowest BCUT2D eigenvalue weighted by Crippen LogP contribution is -1.99. The van der Waals surface area contributed by atoms with Crippen LogP contribution in [-0.4, -0.2) is 19.8 Å². The first-order chi connectivity index (χ1) is 5.18. The standard InChI is InChI=1S/C6H15O4P.2ClH/c1-4-8-11(7,9-5-2)10-6-3;;/h4-6H2,1-3H3;2*1H. The molecule has 0 radical (unpaired) electrons. The van der Waals surface area contributed by atoms with E-state index in [1.807, 2.05) is 0 Å². The Bertz CT molecular complexity index is 121. The van der Waals surface area contributed by atoms with Gasteiger partial charge in [0.05, 0.1) is 19.8 Å². The van der Waals surface area contributed by atoms with E-state index in [-0.39, 0.29) is 24.8 Å². The highest BCUT2D eigenvalue weighted by Crippen LogP contribution is 2.48. The van der Waals surface area contributed by atoms with Crippen LogP contribution in [0.1, 0.15) is 20.8 Å². The van der Waals surface area contributed by atoms with Gasteiger partial charge in [-0.2, -0.15) is 0 Å². The molecule has 0 aliphatic rings. The molecule has 0 aromatic heterocycles. The lowest BCUT2D eigenvalue weighted by molar-refractivity contribution is 0.126. The summed E-state index contributed by atoms with van der Waals surface area (Å²) in [6.45, 7) is 6.21. The molecule has 0 N–H and O–H groups in total. The van der Waals surface area contributed by atoms with Crippen LogP contribution in [0.15, 0.2) is 0 Å². The molecule has 4 nitrogen and oxygen atoms in total. The van der Waals surface area contributed by atoms with E-state index in [1.165, 1.54) is 0 Å². The molecule has 0 aliphatic heterocycles. The highest BCUT2D eigenvalue weighted by molar-refractivity contribution is 7.48. The minimum Gasteiger partial charge on any atom is -0.287 e. The quantitative estimate of drug-likeness (QED) is 0.684. The zero-order chi connectivity index (χ0) is 8.74. The van der Waals surface area contributed by atoms with Gasteiger partial charge >= 0.3 is 7.82 Å². The summed E-state index contributed by atoms with van der Waals surface area (Å²) in [6, 6.07) is 0. The molecule has 0 saturated heterocycles. The minimum atomic E-state index is -3.22. The van der Waals surface area contributed by atoms with Crippen LogP contribution in [0, 0.1) is 0 Å². The highest BCUT2D eigenvalue weighted by atomic mass is 35.5. The molecule has 0 saturated carbocycles. The zero-order valence-electron chi connectivity index (χ0n) is 8.02. The maximum absolute atomic E-state index is 11.3. The summed E-state index contributed by atoms with van der Waals surface area (Å²) in [4.78, 5) is 0.